The highest BCUT2D eigenvalue weighted by molar-refractivity contribution is 7.99. The van der Waals surface area contributed by atoms with E-state index in [4.69, 9.17) is 54.2 Å². The molecule has 7 unspecified atom stereocenters. The minimum absolute atomic E-state index is 0.00665. The number of aromatic amines is 2. The SMILES string of the molecule is CO[C@H]1C(OP(=O)(O)OC[C@H]2O[C@@H](n3cnc4c(=O)[nH]c(N)nc43)[C@@H](O)C2O)[C@@H](COP(=O)(O)OP(=O)(O)OP(=O)(O)OC[C@H]2O[C@@H]([n+]3cn(C)c4c(=O)[nH]c(N)nc43)C(O)[C@H]2SC)O[C@H]1n1cnc2c(N)ncnc21. The average molecular weight is 1180 g/mol. The first-order valence-corrected chi connectivity index (χ1v) is 28.8. The topological polar surface area (TPSA) is 542 Å². The highest BCUT2D eigenvalue weighted by Gasteiger charge is 2.54. The van der Waals surface area contributed by atoms with Crippen LogP contribution in [0.2, 0.25) is 0 Å². The molecule has 38 nitrogen and oxygen atoms in total. The number of phosphoric acid groups is 4. The number of nitrogens with one attached hydrogen (secondary N) is 2. The molecule has 9 heterocycles. The quantitative estimate of drug-likeness (QED) is 0.0263. The zero-order chi connectivity index (χ0) is 55.0. The van der Waals surface area contributed by atoms with Crippen molar-refractivity contribution in [3.8, 4) is 0 Å². The standard InChI is InChI=1S/C33H45N15O23P4S/c1-45-10-48(26-16(45)28(53)44-33(36)42-26)30-19(51)22(76-3)13(68-30)6-65-74(58,59)71-75(60,61)70-73(56,57)64-5-12-20(21(62-2)31(67-12)46-8-39-14-23(34)37-7-38-24(14)46)69-72(54,55)63-4-11-17(49)18(50)29(66-11)47-9-40-15-25(47)41-32(35)43-27(15)52/h7-13,17-22,29-31,49-51H,4-6H2,1-3H3,(H11-,34,35,36,37,38,41,42,43,44,52,53,54,55,56,57,58,59,60,61)/p+1/t11-,12-,13-,17?,18+,19?,20?,21+,22+,29-,30-,31-/m1/s1. The largest absolute Gasteiger partial charge is 0.490 e. The Morgan fingerprint density at radius 2 is 1.30 bits per heavy atom. The van der Waals surface area contributed by atoms with E-state index in [2.05, 4.69) is 48.5 Å². The molecule has 76 heavy (non-hydrogen) atoms. The maximum atomic E-state index is 13.7. The average Bonchev–Trinajstić information content (AvgIpc) is 4.18. The van der Waals surface area contributed by atoms with E-state index in [1.165, 1.54) is 27.1 Å². The molecule has 0 bridgehead atoms. The molecule has 416 valence electrons. The highest BCUT2D eigenvalue weighted by atomic mass is 32.2. The summed E-state index contributed by atoms with van der Waals surface area (Å²) in [5, 5.41) is 32.0. The van der Waals surface area contributed by atoms with Gasteiger partial charge in [-0.2, -0.15) is 25.4 Å². The number of fused-ring (bicyclic) bond motifs is 3. The van der Waals surface area contributed by atoms with Gasteiger partial charge in [-0.1, -0.05) is 4.98 Å². The van der Waals surface area contributed by atoms with E-state index in [9.17, 15) is 62.7 Å². The van der Waals surface area contributed by atoms with Gasteiger partial charge in [0.25, 0.3) is 17.1 Å². The third kappa shape index (κ3) is 11.1. The predicted molar refractivity (Wildman–Crippen MR) is 250 cm³/mol. The molecular weight excluding hydrogens is 1130 g/mol. The molecule has 0 aliphatic carbocycles. The van der Waals surface area contributed by atoms with Crippen molar-refractivity contribution in [1.29, 1.82) is 0 Å². The number of hydrogen-bond acceptors (Lipinski definition) is 29. The third-order valence-electron chi connectivity index (χ3n) is 11.8. The Hall–Kier alpha value is -4.76. The van der Waals surface area contributed by atoms with Gasteiger partial charge in [-0.15, -0.1) is 0 Å². The van der Waals surface area contributed by atoms with Crippen LogP contribution in [0.1, 0.15) is 18.7 Å². The lowest BCUT2D eigenvalue weighted by Gasteiger charge is -2.26. The van der Waals surface area contributed by atoms with Gasteiger partial charge in [0.05, 0.1) is 44.8 Å². The molecule has 15 N–H and O–H groups in total. The van der Waals surface area contributed by atoms with Crippen molar-refractivity contribution < 1.29 is 103 Å². The first-order valence-electron chi connectivity index (χ1n) is 21.5. The number of nitrogens with two attached hydrogens (primary N) is 3. The lowest BCUT2D eigenvalue weighted by Crippen LogP contribution is -2.45. The van der Waals surface area contributed by atoms with Crippen LogP contribution < -0.4 is 32.9 Å². The van der Waals surface area contributed by atoms with Crippen LogP contribution >= 0.6 is 43.1 Å². The molecule has 3 aliphatic rings. The lowest BCUT2D eigenvalue weighted by atomic mass is 10.1. The van der Waals surface area contributed by atoms with Crippen LogP contribution in [0.4, 0.5) is 17.7 Å². The fourth-order valence-corrected chi connectivity index (χ4v) is 13.9. The second-order valence-electron chi connectivity index (χ2n) is 16.7. The number of H-pyrrole nitrogens is 2. The van der Waals surface area contributed by atoms with Crippen molar-refractivity contribution in [3.63, 3.8) is 0 Å². The summed E-state index contributed by atoms with van der Waals surface area (Å²) in [5.41, 5.74) is 15.8. The number of rotatable bonds is 20. The van der Waals surface area contributed by atoms with E-state index < -0.39 is 135 Å². The summed E-state index contributed by atoms with van der Waals surface area (Å²) in [6.45, 7) is -3.12. The molecule has 43 heteroatoms. The third-order valence-corrected chi connectivity index (χ3v) is 18.2. The number of nitrogens with zero attached hydrogens (tertiary/aromatic N) is 10. The summed E-state index contributed by atoms with van der Waals surface area (Å²) in [6.07, 6.45) is -11.0. The van der Waals surface area contributed by atoms with Crippen LogP contribution in [0, 0.1) is 0 Å². The van der Waals surface area contributed by atoms with Gasteiger partial charge >= 0.3 is 36.9 Å². The number of hydrogen-bond donors (Lipinski definition) is 12. The number of methoxy groups -OCH3 is 1. The fourth-order valence-electron chi connectivity index (χ4n) is 8.57. The summed E-state index contributed by atoms with van der Waals surface area (Å²) in [7, 11) is -20.7. The van der Waals surface area contributed by atoms with Crippen LogP contribution in [0.5, 0.6) is 0 Å². The number of thioether (sulfide) groups is 1. The zero-order valence-corrected chi connectivity index (χ0v) is 43.3. The summed E-state index contributed by atoms with van der Waals surface area (Å²) >= 11 is 1.03. The van der Waals surface area contributed by atoms with Crippen LogP contribution in [0.25, 0.3) is 33.5 Å². The van der Waals surface area contributed by atoms with Crippen molar-refractivity contribution in [2.45, 2.75) is 72.8 Å². The predicted octanol–water partition coefficient (Wildman–Crippen LogP) is -3.34. The molecule has 9 rings (SSSR count). The number of anilines is 3. The molecule has 3 saturated heterocycles. The smallest absolute Gasteiger partial charge is 0.387 e. The normalized spacial score (nSPS) is 30.2. The molecule has 6 aromatic rings. The Morgan fingerprint density at radius 3 is 1.97 bits per heavy atom. The first kappa shape index (κ1) is 56.0. The Morgan fingerprint density at radius 1 is 0.711 bits per heavy atom. The molecular formula is C33H46N15O23P4S+. The summed E-state index contributed by atoms with van der Waals surface area (Å²) < 4.78 is 110. The molecule has 0 spiro atoms. The maximum Gasteiger partial charge on any atom is 0.490 e. The number of ether oxygens (including phenoxy) is 4. The highest BCUT2D eigenvalue weighted by Crippen LogP contribution is 2.68. The van der Waals surface area contributed by atoms with Crippen LogP contribution in [-0.4, -0.2) is 176 Å². The van der Waals surface area contributed by atoms with Gasteiger partial charge in [-0.05, 0) is 6.26 Å². The van der Waals surface area contributed by atoms with Crippen molar-refractivity contribution in [3.05, 3.63) is 46.0 Å². The second kappa shape index (κ2) is 21.1. The second-order valence-corrected chi connectivity index (χ2v) is 23.7. The molecule has 0 radical (unpaired) electrons. The van der Waals surface area contributed by atoms with E-state index in [0.29, 0.717) is 0 Å². The van der Waals surface area contributed by atoms with Crippen molar-refractivity contribution in [2.75, 3.05) is 50.4 Å². The van der Waals surface area contributed by atoms with Gasteiger partial charge < -0.3 is 71.0 Å². The number of phosphoric ester groups is 3. The van der Waals surface area contributed by atoms with Gasteiger partial charge in [0.1, 0.15) is 60.7 Å². The zero-order valence-electron chi connectivity index (χ0n) is 38.9. The van der Waals surface area contributed by atoms with E-state index in [1.54, 1.807) is 6.26 Å². The number of aliphatic hydroxyl groups excluding tert-OH is 3. The van der Waals surface area contributed by atoms with Gasteiger partial charge in [0.2, 0.25) is 17.7 Å². The van der Waals surface area contributed by atoms with Gasteiger partial charge in [-0.25, -0.2) is 42.8 Å². The Labute approximate surface area is 426 Å². The van der Waals surface area contributed by atoms with Gasteiger partial charge in [-0.3, -0.25) is 51.4 Å². The van der Waals surface area contributed by atoms with E-state index >= 15 is 0 Å². The van der Waals surface area contributed by atoms with Crippen LogP contribution in [0.15, 0.2) is 34.9 Å². The monoisotopic (exact) mass is 1180 g/mol. The lowest BCUT2D eigenvalue weighted by molar-refractivity contribution is -0.745. The van der Waals surface area contributed by atoms with E-state index in [0.717, 1.165) is 42.4 Å². The molecule has 6 aromatic heterocycles. The Balaban J connectivity index is 0.866. The minimum Gasteiger partial charge on any atom is -0.387 e. The minimum atomic E-state index is -6.15. The molecule has 0 amide bonds. The van der Waals surface area contributed by atoms with E-state index in [-0.39, 0.29) is 51.2 Å². The molecule has 3 aliphatic heterocycles. The first-order chi connectivity index (χ1) is 35.7. The van der Waals surface area contributed by atoms with Gasteiger partial charge in [0.15, 0.2) is 41.4 Å². The molecule has 0 saturated carbocycles. The summed E-state index contributed by atoms with van der Waals surface area (Å²) in [4.78, 5) is 96.3. The van der Waals surface area contributed by atoms with Crippen molar-refractivity contribution in [2.24, 2.45) is 7.05 Å². The number of nitrogen functional groups attached to an aromatic ring is 3. The van der Waals surface area contributed by atoms with E-state index in [1.807, 2.05) is 0 Å². The summed E-state index contributed by atoms with van der Waals surface area (Å²) in [5.74, 6) is -0.638. The Bertz CT molecular complexity index is 3490. The number of aromatic nitrogens is 12. The number of aryl methyl sites for hydroxylation is 1. The molecule has 3 fully saturated rings. The maximum absolute atomic E-state index is 13.7. The van der Waals surface area contributed by atoms with Crippen molar-refractivity contribution in [1.82, 2.24) is 53.6 Å². The van der Waals surface area contributed by atoms with Crippen LogP contribution in [0.3, 0.4) is 0 Å². The summed E-state index contributed by atoms with van der Waals surface area (Å²) in [6, 6.07) is 0. The van der Waals surface area contributed by atoms with Crippen LogP contribution in [-0.2, 0) is 71.0 Å². The number of imidazole rings is 3. The van der Waals surface area contributed by atoms with Gasteiger partial charge in [0, 0.05) is 7.11 Å². The molecule has 0 aromatic carbocycles. The van der Waals surface area contributed by atoms with Crippen molar-refractivity contribution >= 4 is 94.3 Å². The molecule has 16 atom stereocenters. The Kier molecular flexibility index (Phi) is 15.6. The fraction of sp³-hybridized carbons (Fsp3) is 0.545. The number of aliphatic hydroxyl groups is 3.